The lowest BCUT2D eigenvalue weighted by molar-refractivity contribution is -0.167. The molecule has 8 rings (SSSR count). The molecule has 0 unspecified atom stereocenters. The lowest BCUT2D eigenvalue weighted by Gasteiger charge is -2.53. The van der Waals surface area contributed by atoms with Crippen LogP contribution < -0.4 is 10.5 Å². The number of amides is 1. The van der Waals surface area contributed by atoms with Gasteiger partial charge in [0.05, 0.1) is 14.2 Å². The minimum Gasteiger partial charge on any atom is -0.458 e. The summed E-state index contributed by atoms with van der Waals surface area (Å²) in [5, 5.41) is 4.33. The first-order valence-corrected chi connectivity index (χ1v) is 21.5. The van der Waals surface area contributed by atoms with Crippen LogP contribution in [-0.4, -0.2) is 85.6 Å². The molecule has 1 N–H and O–H groups in total. The zero-order valence-corrected chi connectivity index (χ0v) is 32.7. The standard InChI is InChI=1S/C40H53NO9Si/c1-21(2)38-29(48-38)30-40(49-30)37(9)17-16-24-25(20-45-31(24)42)26(37)19-28-39(40,47-28)33(38)46-32(43)27(41-34(44)50-35(3,4)5)18-22-12-14-23(15-13-22)51(10,11)36(6,7)8/h12-15,26-30,33H,1,16-20H2,2-11H3,(H,41,44)/t26-,27-,28-,29-,30-,33+,37-,38-,39+,40+/m0/s1. The Bertz CT molecular complexity index is 1770. The van der Waals surface area contributed by atoms with Gasteiger partial charge in [-0.25, -0.2) is 14.4 Å². The van der Waals surface area contributed by atoms with Gasteiger partial charge in [0, 0.05) is 17.4 Å². The summed E-state index contributed by atoms with van der Waals surface area (Å²) in [5.41, 5.74) is -0.350. The number of cyclic esters (lactones) is 1. The number of nitrogens with one attached hydrogen (secondary N) is 1. The smallest absolute Gasteiger partial charge is 0.408 e. The number of hydrogen-bond donors (Lipinski definition) is 1. The predicted octanol–water partition coefficient (Wildman–Crippen LogP) is 5.43. The number of fused-ring (bicyclic) bond motifs is 4. The van der Waals surface area contributed by atoms with Crippen molar-refractivity contribution in [3.05, 3.63) is 53.1 Å². The number of alkyl carbamates (subject to hydrolysis) is 1. The second-order valence-electron chi connectivity index (χ2n) is 18.9. The SMILES string of the molecule is C=C(C)[C@]12O[C@H]1[C@@H]1O[C@]13[C@]1(O[C@H]1C[C@H]1C4=C(CC[C@@]13C)C(=O)OC4)[C@@H]2OC(=O)[C@H](Cc1ccc([Si](C)(C)C(C)(C)C)cc1)NC(=O)OC(C)(C)C. The van der Waals surface area contributed by atoms with Gasteiger partial charge < -0.3 is 33.7 Å². The Morgan fingerprint density at radius 3 is 2.37 bits per heavy atom. The van der Waals surface area contributed by atoms with Crippen LogP contribution in [-0.2, 0) is 44.4 Å². The topological polar surface area (TPSA) is 129 Å². The highest BCUT2D eigenvalue weighted by Gasteiger charge is 3.01. The van der Waals surface area contributed by atoms with Gasteiger partial charge in [0.15, 0.2) is 17.3 Å². The van der Waals surface area contributed by atoms with Crippen LogP contribution in [0.15, 0.2) is 47.6 Å². The van der Waals surface area contributed by atoms with Crippen molar-refractivity contribution in [2.45, 2.75) is 152 Å². The average Bonchev–Trinajstić information content (AvgIpc) is 3.94. The molecule has 1 aromatic carbocycles. The van der Waals surface area contributed by atoms with E-state index in [1.807, 2.05) is 19.1 Å². The number of rotatable bonds is 7. The highest BCUT2D eigenvalue weighted by molar-refractivity contribution is 6.92. The maximum atomic E-state index is 14.6. The monoisotopic (exact) mass is 719 g/mol. The van der Waals surface area contributed by atoms with Crippen LogP contribution in [0.1, 0.15) is 80.2 Å². The molecule has 7 aliphatic rings. The molecule has 1 amide bonds. The van der Waals surface area contributed by atoms with Crippen LogP contribution in [0, 0.1) is 11.3 Å². The fourth-order valence-electron chi connectivity index (χ4n) is 10.2. The molecule has 2 saturated carbocycles. The van der Waals surface area contributed by atoms with Gasteiger partial charge in [0.25, 0.3) is 0 Å². The molecule has 276 valence electrons. The molecule has 0 radical (unpaired) electrons. The first-order chi connectivity index (χ1) is 23.6. The van der Waals surface area contributed by atoms with Gasteiger partial charge in [-0.1, -0.05) is 76.8 Å². The van der Waals surface area contributed by atoms with E-state index in [0.717, 1.165) is 28.7 Å². The summed E-state index contributed by atoms with van der Waals surface area (Å²) in [6, 6.07) is 7.36. The van der Waals surface area contributed by atoms with Crippen molar-refractivity contribution in [3.8, 4) is 0 Å². The number of hydrogen-bond acceptors (Lipinski definition) is 9. The first-order valence-electron chi connectivity index (χ1n) is 18.5. The Labute approximate surface area is 302 Å². The maximum Gasteiger partial charge on any atom is 0.408 e. The molecular weight excluding hydrogens is 667 g/mol. The summed E-state index contributed by atoms with van der Waals surface area (Å²) in [6.07, 6.45) is -0.223. The van der Waals surface area contributed by atoms with Crippen molar-refractivity contribution >= 4 is 31.3 Å². The fourth-order valence-corrected chi connectivity index (χ4v) is 12.0. The molecule has 10 nitrogen and oxygen atoms in total. The first kappa shape index (κ1) is 35.1. The van der Waals surface area contributed by atoms with Crippen LogP contribution in [0.4, 0.5) is 4.79 Å². The van der Waals surface area contributed by atoms with E-state index in [1.54, 1.807) is 20.8 Å². The third-order valence-electron chi connectivity index (χ3n) is 14.0. The van der Waals surface area contributed by atoms with Crippen molar-refractivity contribution in [2.75, 3.05) is 6.61 Å². The summed E-state index contributed by atoms with van der Waals surface area (Å²) in [5.74, 6) is -0.767. The molecule has 51 heavy (non-hydrogen) atoms. The summed E-state index contributed by atoms with van der Waals surface area (Å²) < 4.78 is 37.9. The summed E-state index contributed by atoms with van der Waals surface area (Å²) in [7, 11) is -1.78. The lowest BCUT2D eigenvalue weighted by Crippen LogP contribution is -2.69. The number of carbonyl (C=O) groups excluding carboxylic acids is 3. The largest absolute Gasteiger partial charge is 0.458 e. The van der Waals surface area contributed by atoms with Gasteiger partial charge in [-0.15, -0.1) is 0 Å². The molecule has 3 saturated heterocycles. The molecule has 2 spiro atoms. The van der Waals surface area contributed by atoms with Crippen molar-refractivity contribution in [1.82, 2.24) is 5.32 Å². The summed E-state index contributed by atoms with van der Waals surface area (Å²) >= 11 is 0. The third kappa shape index (κ3) is 4.66. The minimum absolute atomic E-state index is 0.0432. The summed E-state index contributed by atoms with van der Waals surface area (Å²) in [6.45, 7) is 25.7. The predicted molar refractivity (Wildman–Crippen MR) is 191 cm³/mol. The Morgan fingerprint density at radius 2 is 1.75 bits per heavy atom. The Kier molecular flexibility index (Phi) is 7.27. The maximum absolute atomic E-state index is 14.6. The Hall–Kier alpha value is -2.99. The lowest BCUT2D eigenvalue weighted by atomic mass is 9.47. The van der Waals surface area contributed by atoms with E-state index in [9.17, 15) is 14.4 Å². The number of epoxide rings is 3. The van der Waals surface area contributed by atoms with Gasteiger partial charge in [0.2, 0.25) is 0 Å². The summed E-state index contributed by atoms with van der Waals surface area (Å²) in [4.78, 5) is 40.4. The number of esters is 2. The van der Waals surface area contributed by atoms with E-state index in [-0.39, 0.29) is 41.7 Å². The normalized spacial score (nSPS) is 39.1. The molecule has 11 heteroatoms. The zero-order chi connectivity index (χ0) is 36.9. The molecule has 1 aromatic rings. The van der Waals surface area contributed by atoms with E-state index >= 15 is 0 Å². The van der Waals surface area contributed by atoms with E-state index in [4.69, 9.17) is 28.4 Å². The second-order valence-corrected chi connectivity index (χ2v) is 24.2. The highest BCUT2D eigenvalue weighted by atomic mass is 28.3. The van der Waals surface area contributed by atoms with Crippen molar-refractivity contribution in [1.29, 1.82) is 0 Å². The molecule has 4 heterocycles. The number of carbonyl (C=O) groups is 3. The highest BCUT2D eigenvalue weighted by Crippen LogP contribution is 2.83. The van der Waals surface area contributed by atoms with E-state index < -0.39 is 60.1 Å². The van der Waals surface area contributed by atoms with Crippen LogP contribution in [0.2, 0.25) is 18.1 Å². The molecule has 0 bridgehead atoms. The van der Waals surface area contributed by atoms with E-state index in [2.05, 4.69) is 64.8 Å². The van der Waals surface area contributed by atoms with Crippen LogP contribution in [0.25, 0.3) is 0 Å². The molecule has 3 aliphatic carbocycles. The van der Waals surface area contributed by atoms with E-state index in [1.165, 1.54) is 5.19 Å². The second kappa shape index (κ2) is 10.6. The van der Waals surface area contributed by atoms with Crippen LogP contribution >= 0.6 is 0 Å². The van der Waals surface area contributed by atoms with Crippen molar-refractivity contribution < 1.29 is 42.8 Å². The van der Waals surface area contributed by atoms with Crippen molar-refractivity contribution in [2.24, 2.45) is 11.3 Å². The zero-order valence-electron chi connectivity index (χ0n) is 31.7. The van der Waals surface area contributed by atoms with E-state index in [0.29, 0.717) is 19.4 Å². The van der Waals surface area contributed by atoms with Gasteiger partial charge in [-0.05, 0) is 74.6 Å². The Morgan fingerprint density at radius 1 is 1.06 bits per heavy atom. The number of benzene rings is 1. The minimum atomic E-state index is -1.78. The van der Waals surface area contributed by atoms with Gasteiger partial charge in [-0.3, -0.25) is 0 Å². The molecule has 0 aromatic heterocycles. The van der Waals surface area contributed by atoms with Gasteiger partial charge in [0.1, 0.15) is 36.1 Å². The van der Waals surface area contributed by atoms with Crippen LogP contribution in [0.5, 0.6) is 0 Å². The van der Waals surface area contributed by atoms with Gasteiger partial charge in [-0.2, -0.15) is 0 Å². The average molecular weight is 720 g/mol. The molecular formula is C40H53NO9Si. The third-order valence-corrected chi connectivity index (χ3v) is 19.5. The molecule has 4 aliphatic heterocycles. The van der Waals surface area contributed by atoms with Crippen LogP contribution in [0.3, 0.4) is 0 Å². The quantitative estimate of drug-likeness (QED) is 0.129. The number of ether oxygens (including phenoxy) is 6. The fraction of sp³-hybridized carbons (Fsp3) is 0.675. The van der Waals surface area contributed by atoms with Gasteiger partial charge >= 0.3 is 18.0 Å². The molecule has 5 fully saturated rings. The Balaban J connectivity index is 1.12. The molecule has 10 atom stereocenters. The van der Waals surface area contributed by atoms with Crippen molar-refractivity contribution in [3.63, 3.8) is 0 Å².